The quantitative estimate of drug-likeness (QED) is 0.698. The standard InChI is InChI=1S/C11H15N/c1-2-4-10(5-3-1)8-11-6-7-12-9-11/h1-5,11-12H,6-9H2/t11-/m1/s1. The van der Waals surface area contributed by atoms with Crippen molar-refractivity contribution in [1.29, 1.82) is 0 Å². The molecule has 0 radical (unpaired) electrons. The van der Waals surface area contributed by atoms with Gasteiger partial charge in [0.15, 0.2) is 0 Å². The van der Waals surface area contributed by atoms with E-state index < -0.39 is 0 Å². The first-order valence-electron chi connectivity index (χ1n) is 4.70. The summed E-state index contributed by atoms with van der Waals surface area (Å²) in [7, 11) is 0. The van der Waals surface area contributed by atoms with Gasteiger partial charge in [0.05, 0.1) is 0 Å². The summed E-state index contributed by atoms with van der Waals surface area (Å²) in [5.74, 6) is 0.868. The molecule has 0 unspecified atom stereocenters. The summed E-state index contributed by atoms with van der Waals surface area (Å²) in [4.78, 5) is 0. The van der Waals surface area contributed by atoms with Gasteiger partial charge in [-0.3, -0.25) is 0 Å². The molecule has 1 aliphatic rings. The van der Waals surface area contributed by atoms with Crippen LogP contribution >= 0.6 is 0 Å². The van der Waals surface area contributed by atoms with Crippen molar-refractivity contribution in [2.24, 2.45) is 5.92 Å². The van der Waals surface area contributed by atoms with Crippen molar-refractivity contribution >= 4 is 0 Å². The summed E-state index contributed by atoms with van der Waals surface area (Å²) in [6, 6.07) is 10.8. The highest BCUT2D eigenvalue weighted by Crippen LogP contribution is 2.14. The van der Waals surface area contributed by atoms with Gasteiger partial charge in [0.25, 0.3) is 0 Å². The van der Waals surface area contributed by atoms with Crippen LogP contribution in [0.2, 0.25) is 0 Å². The van der Waals surface area contributed by atoms with E-state index in [0.29, 0.717) is 0 Å². The Morgan fingerprint density at radius 3 is 2.75 bits per heavy atom. The van der Waals surface area contributed by atoms with E-state index in [1.807, 2.05) is 0 Å². The molecule has 0 aromatic heterocycles. The van der Waals surface area contributed by atoms with Crippen molar-refractivity contribution in [2.75, 3.05) is 13.1 Å². The molecule has 0 aliphatic carbocycles. The number of benzene rings is 1. The molecule has 1 heterocycles. The van der Waals surface area contributed by atoms with E-state index in [9.17, 15) is 0 Å². The lowest BCUT2D eigenvalue weighted by atomic mass is 9.99. The Balaban J connectivity index is 1.94. The number of hydrogen-bond donors (Lipinski definition) is 1. The molecule has 0 amide bonds. The predicted molar refractivity (Wildman–Crippen MR) is 51.1 cm³/mol. The van der Waals surface area contributed by atoms with Gasteiger partial charge in [0.2, 0.25) is 0 Å². The number of nitrogens with one attached hydrogen (secondary N) is 1. The fraction of sp³-hybridized carbons (Fsp3) is 0.455. The van der Waals surface area contributed by atoms with Crippen LogP contribution in [-0.4, -0.2) is 13.1 Å². The second kappa shape index (κ2) is 3.72. The first-order chi connectivity index (χ1) is 5.95. The van der Waals surface area contributed by atoms with Gasteiger partial charge in [-0.25, -0.2) is 0 Å². The molecule has 1 heteroatoms. The Kier molecular flexibility index (Phi) is 2.42. The molecule has 1 fully saturated rings. The maximum absolute atomic E-state index is 3.39. The highest BCUT2D eigenvalue weighted by molar-refractivity contribution is 5.15. The second-order valence-corrected chi connectivity index (χ2v) is 3.55. The fourth-order valence-corrected chi connectivity index (χ4v) is 1.84. The molecule has 12 heavy (non-hydrogen) atoms. The minimum Gasteiger partial charge on any atom is -0.316 e. The van der Waals surface area contributed by atoms with E-state index in [2.05, 4.69) is 35.6 Å². The van der Waals surface area contributed by atoms with Gasteiger partial charge in [-0.05, 0) is 37.4 Å². The second-order valence-electron chi connectivity index (χ2n) is 3.55. The molecule has 0 bridgehead atoms. The molecule has 1 aliphatic heterocycles. The number of hydrogen-bond acceptors (Lipinski definition) is 1. The highest BCUT2D eigenvalue weighted by Gasteiger charge is 2.13. The normalized spacial score (nSPS) is 22.8. The van der Waals surface area contributed by atoms with Crippen LogP contribution in [0.1, 0.15) is 12.0 Å². The summed E-state index contributed by atoms with van der Waals surface area (Å²) >= 11 is 0. The van der Waals surface area contributed by atoms with E-state index >= 15 is 0 Å². The van der Waals surface area contributed by atoms with E-state index in [1.54, 1.807) is 0 Å². The van der Waals surface area contributed by atoms with E-state index in [0.717, 1.165) is 5.92 Å². The molecular weight excluding hydrogens is 146 g/mol. The first-order valence-corrected chi connectivity index (χ1v) is 4.70. The van der Waals surface area contributed by atoms with Crippen LogP contribution in [0, 0.1) is 5.92 Å². The molecule has 1 aromatic rings. The molecular formula is C11H15N. The van der Waals surface area contributed by atoms with Gasteiger partial charge < -0.3 is 5.32 Å². The van der Waals surface area contributed by atoms with Crippen molar-refractivity contribution < 1.29 is 0 Å². The van der Waals surface area contributed by atoms with Crippen molar-refractivity contribution in [3.05, 3.63) is 35.9 Å². The van der Waals surface area contributed by atoms with Gasteiger partial charge in [-0.15, -0.1) is 0 Å². The Hall–Kier alpha value is -0.820. The van der Waals surface area contributed by atoms with Crippen LogP contribution < -0.4 is 5.32 Å². The van der Waals surface area contributed by atoms with Crippen molar-refractivity contribution in [3.8, 4) is 0 Å². The third-order valence-corrected chi connectivity index (χ3v) is 2.53. The van der Waals surface area contributed by atoms with Crippen molar-refractivity contribution in [3.63, 3.8) is 0 Å². The Bertz CT molecular complexity index is 224. The molecule has 0 saturated carbocycles. The van der Waals surface area contributed by atoms with E-state index in [4.69, 9.17) is 0 Å². The summed E-state index contributed by atoms with van der Waals surface area (Å²) in [6.07, 6.45) is 2.59. The summed E-state index contributed by atoms with van der Waals surface area (Å²) < 4.78 is 0. The zero-order valence-corrected chi connectivity index (χ0v) is 7.29. The first kappa shape index (κ1) is 7.81. The van der Waals surface area contributed by atoms with Crippen LogP contribution in [0.25, 0.3) is 0 Å². The summed E-state index contributed by atoms with van der Waals surface area (Å²) in [6.45, 7) is 2.41. The Morgan fingerprint density at radius 1 is 1.25 bits per heavy atom. The lowest BCUT2D eigenvalue weighted by Gasteiger charge is -2.06. The molecule has 1 aromatic carbocycles. The fourth-order valence-electron chi connectivity index (χ4n) is 1.84. The van der Waals surface area contributed by atoms with Gasteiger partial charge in [0.1, 0.15) is 0 Å². The van der Waals surface area contributed by atoms with Crippen molar-refractivity contribution in [1.82, 2.24) is 5.32 Å². The number of rotatable bonds is 2. The smallest absolute Gasteiger partial charge is 0.00169 e. The Labute approximate surface area is 73.8 Å². The van der Waals surface area contributed by atoms with E-state index in [-0.39, 0.29) is 0 Å². The third-order valence-electron chi connectivity index (χ3n) is 2.53. The predicted octanol–water partition coefficient (Wildman–Crippen LogP) is 1.84. The molecule has 1 nitrogen and oxygen atoms in total. The zero-order chi connectivity index (χ0) is 8.23. The largest absolute Gasteiger partial charge is 0.316 e. The van der Waals surface area contributed by atoms with Crippen LogP contribution in [0.3, 0.4) is 0 Å². The maximum atomic E-state index is 3.39. The van der Waals surface area contributed by atoms with Crippen LogP contribution in [-0.2, 0) is 6.42 Å². The molecule has 1 N–H and O–H groups in total. The lowest BCUT2D eigenvalue weighted by molar-refractivity contribution is 0.580. The SMILES string of the molecule is c1ccc(C[C@H]2CCNC2)cc1. The summed E-state index contributed by atoms with van der Waals surface area (Å²) in [5.41, 5.74) is 1.48. The lowest BCUT2D eigenvalue weighted by Crippen LogP contribution is -2.10. The molecule has 1 atom stereocenters. The van der Waals surface area contributed by atoms with Gasteiger partial charge >= 0.3 is 0 Å². The minimum atomic E-state index is 0.868. The summed E-state index contributed by atoms with van der Waals surface area (Å²) in [5, 5.41) is 3.39. The topological polar surface area (TPSA) is 12.0 Å². The molecule has 64 valence electrons. The molecule has 2 rings (SSSR count). The van der Waals surface area contributed by atoms with Crippen LogP contribution in [0.5, 0.6) is 0 Å². The van der Waals surface area contributed by atoms with Gasteiger partial charge in [-0.1, -0.05) is 30.3 Å². The van der Waals surface area contributed by atoms with Gasteiger partial charge in [-0.2, -0.15) is 0 Å². The minimum absolute atomic E-state index is 0.868. The zero-order valence-electron chi connectivity index (χ0n) is 7.29. The van der Waals surface area contributed by atoms with Crippen LogP contribution in [0.15, 0.2) is 30.3 Å². The van der Waals surface area contributed by atoms with Gasteiger partial charge in [0, 0.05) is 0 Å². The average molecular weight is 161 g/mol. The van der Waals surface area contributed by atoms with Crippen LogP contribution in [0.4, 0.5) is 0 Å². The molecule has 0 spiro atoms. The monoisotopic (exact) mass is 161 g/mol. The highest BCUT2D eigenvalue weighted by atomic mass is 14.9. The maximum Gasteiger partial charge on any atom is -0.00169 e. The average Bonchev–Trinajstić information content (AvgIpc) is 2.59. The molecule has 1 saturated heterocycles. The Morgan fingerprint density at radius 2 is 2.08 bits per heavy atom. The van der Waals surface area contributed by atoms with E-state index in [1.165, 1.54) is 31.5 Å². The van der Waals surface area contributed by atoms with Crippen molar-refractivity contribution in [2.45, 2.75) is 12.8 Å². The third kappa shape index (κ3) is 1.86.